The van der Waals surface area contributed by atoms with E-state index < -0.39 is 0 Å². The number of ether oxygens (including phenoxy) is 5. The van der Waals surface area contributed by atoms with Crippen LogP contribution in [0.5, 0.6) is 28.7 Å². The Bertz CT molecular complexity index is 2860. The lowest BCUT2D eigenvalue weighted by molar-refractivity contribution is -0.0116. The molecule has 7 aromatic carbocycles. The Hall–Kier alpha value is -6.28. The van der Waals surface area contributed by atoms with Crippen LogP contribution in [0.3, 0.4) is 0 Å². The first-order chi connectivity index (χ1) is 34.3. The molecule has 7 aromatic rings. The third-order valence-electron chi connectivity index (χ3n) is 13.3. The van der Waals surface area contributed by atoms with Crippen LogP contribution in [0.1, 0.15) is 130 Å². The van der Waals surface area contributed by atoms with E-state index in [1.807, 2.05) is 75.0 Å². The quantitative estimate of drug-likeness (QED) is 0.0648. The van der Waals surface area contributed by atoms with Crippen molar-refractivity contribution in [3.63, 3.8) is 0 Å². The Morgan fingerprint density at radius 3 is 1.14 bits per heavy atom. The van der Waals surface area contributed by atoms with Gasteiger partial charge in [-0.3, -0.25) is 0 Å². The molecule has 0 aliphatic rings. The fourth-order valence-electron chi connectivity index (χ4n) is 7.52. The smallest absolute Gasteiger partial charge is 0.338 e. The molecular weight excluding hydrogens is 921 g/mol. The number of carbonyl (C=O) groups is 1. The number of esters is 1. The van der Waals surface area contributed by atoms with Crippen LogP contribution in [-0.2, 0) is 20.3 Å². The Balaban J connectivity index is 0.000000213. The lowest BCUT2D eigenvalue weighted by Gasteiger charge is -2.29. The SMILES string of the molecule is Cc1ccc(OCOCCOC(=O)c2ccc(C)c(C)c2)cc1C.Cc1ccc(Oc2cc(C(C)(C)C)c(Oc3ccc(C)c(C)c3)cc2C(C)(C)C)cc1C.Cc1ccc(Sc2ccc(C)c(C)c2)cc1C. The summed E-state index contributed by atoms with van der Waals surface area (Å²) in [5, 5.41) is 0. The first-order valence-corrected chi connectivity index (χ1v) is 26.1. The van der Waals surface area contributed by atoms with E-state index in [9.17, 15) is 4.79 Å². The summed E-state index contributed by atoms with van der Waals surface area (Å²) in [4.78, 5) is 14.6. The van der Waals surface area contributed by atoms with Crippen molar-refractivity contribution in [1.29, 1.82) is 0 Å². The molecule has 0 amide bonds. The molecule has 0 aliphatic carbocycles. The van der Waals surface area contributed by atoms with Gasteiger partial charge in [0.1, 0.15) is 35.4 Å². The van der Waals surface area contributed by atoms with E-state index in [-0.39, 0.29) is 30.2 Å². The third-order valence-corrected chi connectivity index (χ3v) is 14.3. The fourth-order valence-corrected chi connectivity index (χ4v) is 8.53. The number of hydrogen-bond acceptors (Lipinski definition) is 7. The molecule has 0 N–H and O–H groups in total. The third kappa shape index (κ3) is 17.2. The molecule has 0 aliphatic heterocycles. The Morgan fingerprint density at radius 1 is 0.397 bits per heavy atom. The summed E-state index contributed by atoms with van der Waals surface area (Å²) in [6, 6.07) is 41.6. The van der Waals surface area contributed by atoms with Gasteiger partial charge in [0.15, 0.2) is 6.79 Å². The van der Waals surface area contributed by atoms with E-state index in [2.05, 4.69) is 177 Å². The minimum atomic E-state index is -0.336. The maximum atomic E-state index is 11.9. The van der Waals surface area contributed by atoms with Gasteiger partial charge in [0.25, 0.3) is 0 Å². The number of carbonyl (C=O) groups excluding carboxylic acids is 1. The van der Waals surface area contributed by atoms with Gasteiger partial charge in [-0.25, -0.2) is 4.79 Å². The van der Waals surface area contributed by atoms with Gasteiger partial charge in [0.05, 0.1) is 12.2 Å². The summed E-state index contributed by atoms with van der Waals surface area (Å²) >= 11 is 1.83. The number of aryl methyl sites for hydroxylation is 12. The van der Waals surface area contributed by atoms with Crippen LogP contribution in [-0.4, -0.2) is 26.0 Å². The minimum Gasteiger partial charge on any atom is -0.468 e. The molecule has 0 unspecified atom stereocenters. The zero-order valence-electron chi connectivity index (χ0n) is 47.0. The van der Waals surface area contributed by atoms with Crippen LogP contribution in [0.2, 0.25) is 0 Å². The highest BCUT2D eigenvalue weighted by atomic mass is 32.2. The summed E-state index contributed by atoms with van der Waals surface area (Å²) in [5.41, 5.74) is 17.6. The van der Waals surface area contributed by atoms with E-state index in [4.69, 9.17) is 23.7 Å². The lowest BCUT2D eigenvalue weighted by atomic mass is 9.81. The molecule has 73 heavy (non-hydrogen) atoms. The molecule has 0 fully saturated rings. The largest absolute Gasteiger partial charge is 0.468 e. The Morgan fingerprint density at radius 2 is 0.753 bits per heavy atom. The van der Waals surface area contributed by atoms with Crippen molar-refractivity contribution < 1.29 is 28.5 Å². The van der Waals surface area contributed by atoms with Crippen molar-refractivity contribution >= 4 is 17.7 Å². The Kier molecular flexibility index (Phi) is 20.2. The van der Waals surface area contributed by atoms with Gasteiger partial charge in [-0.2, -0.15) is 0 Å². The van der Waals surface area contributed by atoms with E-state index in [1.54, 1.807) is 6.07 Å². The summed E-state index contributed by atoms with van der Waals surface area (Å²) < 4.78 is 29.0. The first kappa shape index (κ1) is 57.6. The van der Waals surface area contributed by atoms with Crippen LogP contribution < -0.4 is 14.2 Å². The second kappa shape index (κ2) is 25.6. The molecule has 386 valence electrons. The van der Waals surface area contributed by atoms with Crippen LogP contribution >= 0.6 is 11.8 Å². The number of benzene rings is 7. The maximum absolute atomic E-state index is 11.9. The predicted molar refractivity (Wildman–Crippen MR) is 305 cm³/mol. The van der Waals surface area contributed by atoms with Crippen molar-refractivity contribution in [2.24, 2.45) is 0 Å². The molecule has 0 saturated carbocycles. The van der Waals surface area contributed by atoms with Gasteiger partial charge in [-0.1, -0.05) is 89.7 Å². The number of rotatable bonds is 13. The summed E-state index contributed by atoms with van der Waals surface area (Å²) in [7, 11) is 0. The van der Waals surface area contributed by atoms with Gasteiger partial charge in [-0.15, -0.1) is 0 Å². The topological polar surface area (TPSA) is 63.2 Å². The summed E-state index contributed by atoms with van der Waals surface area (Å²) in [6.45, 7) is 39.1. The van der Waals surface area contributed by atoms with Gasteiger partial charge < -0.3 is 23.7 Å². The van der Waals surface area contributed by atoms with Crippen molar-refractivity contribution in [2.45, 2.75) is 145 Å². The molecular formula is C66H80O6S. The molecule has 0 bridgehead atoms. The highest BCUT2D eigenvalue weighted by Gasteiger charge is 2.28. The van der Waals surface area contributed by atoms with Crippen LogP contribution in [0, 0.1) is 83.1 Å². The highest BCUT2D eigenvalue weighted by molar-refractivity contribution is 7.99. The second-order valence-electron chi connectivity index (χ2n) is 21.5. The van der Waals surface area contributed by atoms with E-state index >= 15 is 0 Å². The molecule has 0 aromatic heterocycles. The molecule has 7 heteroatoms. The first-order valence-electron chi connectivity index (χ1n) is 25.3. The van der Waals surface area contributed by atoms with Crippen molar-refractivity contribution in [3.8, 4) is 28.7 Å². The monoisotopic (exact) mass is 1000 g/mol. The maximum Gasteiger partial charge on any atom is 0.338 e. The van der Waals surface area contributed by atoms with Gasteiger partial charge in [-0.05, 0) is 246 Å². The zero-order chi connectivity index (χ0) is 53.8. The molecule has 0 spiro atoms. The zero-order valence-corrected chi connectivity index (χ0v) is 47.8. The van der Waals surface area contributed by atoms with Crippen LogP contribution in [0.4, 0.5) is 0 Å². The summed E-state index contributed by atoms with van der Waals surface area (Å²) in [6.07, 6.45) is 0. The van der Waals surface area contributed by atoms with Crippen molar-refractivity contribution in [3.05, 3.63) is 205 Å². The van der Waals surface area contributed by atoms with E-state index in [0.29, 0.717) is 12.2 Å². The van der Waals surface area contributed by atoms with Crippen LogP contribution in [0.25, 0.3) is 0 Å². The molecule has 0 heterocycles. The van der Waals surface area contributed by atoms with E-state index in [1.165, 1.54) is 65.4 Å². The Labute approximate surface area is 442 Å². The lowest BCUT2D eigenvalue weighted by Crippen LogP contribution is -2.17. The van der Waals surface area contributed by atoms with Gasteiger partial charge >= 0.3 is 5.97 Å². The fraction of sp³-hybridized carbons (Fsp3) is 0.348. The average Bonchev–Trinajstić information content (AvgIpc) is 3.32. The molecule has 7 rings (SSSR count). The molecule has 0 atom stereocenters. The van der Waals surface area contributed by atoms with Crippen LogP contribution in [0.15, 0.2) is 131 Å². The molecule has 0 saturated heterocycles. The average molecular weight is 1000 g/mol. The second-order valence-corrected chi connectivity index (χ2v) is 22.6. The molecule has 0 radical (unpaired) electrons. The van der Waals surface area contributed by atoms with Gasteiger partial charge in [0.2, 0.25) is 0 Å². The summed E-state index contributed by atoms with van der Waals surface area (Å²) in [5.74, 6) is 3.93. The predicted octanol–water partition coefficient (Wildman–Crippen LogP) is 18.3. The minimum absolute atomic E-state index is 0.104. The number of hydrogen-bond donors (Lipinski definition) is 0. The molecule has 6 nitrogen and oxygen atoms in total. The van der Waals surface area contributed by atoms with Gasteiger partial charge in [0, 0.05) is 20.9 Å². The van der Waals surface area contributed by atoms with Crippen molar-refractivity contribution in [2.75, 3.05) is 20.0 Å². The normalized spacial score (nSPS) is 11.2. The van der Waals surface area contributed by atoms with E-state index in [0.717, 1.165) is 51.0 Å². The van der Waals surface area contributed by atoms with Crippen molar-refractivity contribution in [1.82, 2.24) is 0 Å². The highest BCUT2D eigenvalue weighted by Crippen LogP contribution is 2.44. The standard InChI is InChI=1S/C30H38O2.C20H24O4.C16H18S/c1-19-11-13-23(15-21(19)3)31-27-17-26(30(8,9)10)28(18-25(27)29(5,6)7)32-24-14-12-20(2)22(4)16-24;1-14-5-7-18(11-16(14)3)20(21)23-10-9-22-13-24-19-8-6-15(2)17(4)12-19;1-11-5-7-15(9-13(11)3)17-16-8-6-12(2)14(4)10-16/h11-18H,1-10H3;5-8,11-12H,9-10,13H2,1-4H3;5-10H,1-4H3.